The van der Waals surface area contributed by atoms with Crippen molar-refractivity contribution in [1.29, 1.82) is 0 Å². The van der Waals surface area contributed by atoms with Gasteiger partial charge in [-0.1, -0.05) is 0 Å². The van der Waals surface area contributed by atoms with Gasteiger partial charge in [0.05, 0.1) is 13.0 Å². The van der Waals surface area contributed by atoms with Crippen molar-refractivity contribution in [1.82, 2.24) is 9.80 Å². The van der Waals surface area contributed by atoms with Gasteiger partial charge in [-0.2, -0.15) is 0 Å². The molecule has 0 unspecified atom stereocenters. The number of carboxylic acid groups (broad SMARTS) is 1. The predicted octanol–water partition coefficient (Wildman–Crippen LogP) is 0.235. The number of hydrogen-bond acceptors (Lipinski definition) is 3. The fourth-order valence-electron chi connectivity index (χ4n) is 1.54. The summed E-state index contributed by atoms with van der Waals surface area (Å²) in [5, 5.41) is 8.53. The van der Waals surface area contributed by atoms with Gasteiger partial charge >= 0.3 is 12.0 Å². The summed E-state index contributed by atoms with van der Waals surface area (Å²) in [6, 6.07) is -0.119. The Morgan fingerprint density at radius 1 is 1.38 bits per heavy atom. The Labute approximate surface area is 94.8 Å². The van der Waals surface area contributed by atoms with Crippen molar-refractivity contribution in [3.8, 4) is 0 Å². The van der Waals surface area contributed by atoms with Gasteiger partial charge in [-0.25, -0.2) is 4.79 Å². The first-order chi connectivity index (χ1) is 7.61. The summed E-state index contributed by atoms with van der Waals surface area (Å²) in [6.45, 7) is 2.74. The van der Waals surface area contributed by atoms with E-state index in [0.29, 0.717) is 26.3 Å². The van der Waals surface area contributed by atoms with Crippen LogP contribution in [0.1, 0.15) is 12.8 Å². The van der Waals surface area contributed by atoms with Crippen LogP contribution in [0.5, 0.6) is 0 Å². The topological polar surface area (TPSA) is 70.1 Å². The number of urea groups is 1. The van der Waals surface area contributed by atoms with Gasteiger partial charge in [0.25, 0.3) is 0 Å². The van der Waals surface area contributed by atoms with Crippen LogP contribution in [0, 0.1) is 0 Å². The molecule has 1 heterocycles. The van der Waals surface area contributed by atoms with E-state index in [1.54, 1.807) is 11.9 Å². The van der Waals surface area contributed by atoms with Gasteiger partial charge in [0, 0.05) is 33.3 Å². The second-order valence-electron chi connectivity index (χ2n) is 3.80. The molecule has 0 atom stereocenters. The van der Waals surface area contributed by atoms with Crippen molar-refractivity contribution in [2.24, 2.45) is 0 Å². The lowest BCUT2D eigenvalue weighted by Crippen LogP contribution is -2.43. The van der Waals surface area contributed by atoms with Gasteiger partial charge < -0.3 is 19.6 Å². The summed E-state index contributed by atoms with van der Waals surface area (Å²) < 4.78 is 5.25. The van der Waals surface area contributed by atoms with Crippen LogP contribution >= 0.6 is 0 Å². The van der Waals surface area contributed by atoms with Crippen LogP contribution in [0.25, 0.3) is 0 Å². The van der Waals surface area contributed by atoms with Crippen LogP contribution < -0.4 is 0 Å². The van der Waals surface area contributed by atoms with E-state index in [9.17, 15) is 9.59 Å². The predicted molar refractivity (Wildman–Crippen MR) is 57.3 cm³/mol. The number of ether oxygens (including phenoxy) is 1. The van der Waals surface area contributed by atoms with Gasteiger partial charge in [-0.3, -0.25) is 4.79 Å². The van der Waals surface area contributed by atoms with Crippen molar-refractivity contribution in [2.75, 3.05) is 39.9 Å². The van der Waals surface area contributed by atoms with Crippen LogP contribution in [0.2, 0.25) is 0 Å². The fraction of sp³-hybridized carbons (Fsp3) is 0.800. The molecule has 0 aliphatic carbocycles. The van der Waals surface area contributed by atoms with Crippen molar-refractivity contribution >= 4 is 12.0 Å². The molecule has 16 heavy (non-hydrogen) atoms. The Morgan fingerprint density at radius 3 is 2.81 bits per heavy atom. The largest absolute Gasteiger partial charge is 0.481 e. The lowest BCUT2D eigenvalue weighted by atomic mass is 10.4. The maximum atomic E-state index is 11.9. The molecule has 1 aliphatic rings. The minimum Gasteiger partial charge on any atom is -0.481 e. The highest BCUT2D eigenvalue weighted by Gasteiger charge is 2.19. The van der Waals surface area contributed by atoms with Crippen LogP contribution in [0.4, 0.5) is 4.79 Å². The van der Waals surface area contributed by atoms with E-state index in [1.807, 2.05) is 0 Å². The smallest absolute Gasteiger partial charge is 0.319 e. The zero-order valence-corrected chi connectivity index (χ0v) is 9.52. The Kier molecular flexibility index (Phi) is 5.04. The third-order valence-corrected chi connectivity index (χ3v) is 2.48. The highest BCUT2D eigenvalue weighted by molar-refractivity contribution is 5.75. The molecular formula is C10H18N2O4. The van der Waals surface area contributed by atoms with E-state index in [-0.39, 0.29) is 19.0 Å². The van der Waals surface area contributed by atoms with E-state index in [2.05, 4.69) is 0 Å². The van der Waals surface area contributed by atoms with Gasteiger partial charge in [0.1, 0.15) is 0 Å². The minimum absolute atomic E-state index is 0.0213. The average Bonchev–Trinajstić information content (AvgIpc) is 2.53. The zero-order valence-electron chi connectivity index (χ0n) is 9.52. The fourth-order valence-corrected chi connectivity index (χ4v) is 1.54. The monoisotopic (exact) mass is 230 g/mol. The summed E-state index contributed by atoms with van der Waals surface area (Å²) in [4.78, 5) is 25.4. The average molecular weight is 230 g/mol. The van der Waals surface area contributed by atoms with Crippen molar-refractivity contribution in [3.05, 3.63) is 0 Å². The van der Waals surface area contributed by atoms with Crippen molar-refractivity contribution in [2.45, 2.75) is 12.8 Å². The first-order valence-corrected chi connectivity index (χ1v) is 5.41. The molecule has 1 rings (SSSR count). The third-order valence-electron chi connectivity index (χ3n) is 2.48. The molecule has 0 radical (unpaired) electrons. The van der Waals surface area contributed by atoms with Crippen LogP contribution in [0.15, 0.2) is 0 Å². The molecule has 0 aromatic carbocycles. The molecule has 1 aliphatic heterocycles. The van der Waals surface area contributed by atoms with Crippen LogP contribution in [-0.2, 0) is 9.53 Å². The summed E-state index contributed by atoms with van der Waals surface area (Å²) in [7, 11) is 1.62. The summed E-state index contributed by atoms with van der Waals surface area (Å²) >= 11 is 0. The molecule has 1 N–H and O–H groups in total. The molecule has 2 amide bonds. The number of nitrogens with zero attached hydrogens (tertiary/aromatic N) is 2. The van der Waals surface area contributed by atoms with Gasteiger partial charge in [0.2, 0.25) is 0 Å². The van der Waals surface area contributed by atoms with E-state index < -0.39 is 5.97 Å². The van der Waals surface area contributed by atoms with E-state index in [4.69, 9.17) is 9.84 Å². The highest BCUT2D eigenvalue weighted by Crippen LogP contribution is 2.03. The van der Waals surface area contributed by atoms with Gasteiger partial charge in [-0.15, -0.1) is 0 Å². The molecule has 0 aromatic rings. The molecular weight excluding hydrogens is 212 g/mol. The highest BCUT2D eigenvalue weighted by atomic mass is 16.5. The Balaban J connectivity index is 2.38. The molecule has 0 aromatic heterocycles. The van der Waals surface area contributed by atoms with Crippen LogP contribution in [-0.4, -0.2) is 66.8 Å². The van der Waals surface area contributed by atoms with E-state index in [1.165, 1.54) is 4.90 Å². The molecule has 92 valence electrons. The second-order valence-corrected chi connectivity index (χ2v) is 3.80. The lowest BCUT2D eigenvalue weighted by Gasteiger charge is -2.26. The van der Waals surface area contributed by atoms with Gasteiger partial charge in [0.15, 0.2) is 0 Å². The first kappa shape index (κ1) is 12.8. The van der Waals surface area contributed by atoms with Crippen molar-refractivity contribution < 1.29 is 19.4 Å². The Hall–Kier alpha value is -1.30. The summed E-state index contributed by atoms with van der Waals surface area (Å²) in [6.07, 6.45) is 0.811. The summed E-state index contributed by atoms with van der Waals surface area (Å²) in [5.74, 6) is -0.890. The first-order valence-electron chi connectivity index (χ1n) is 5.41. The number of carbonyl (C=O) groups is 2. The molecule has 1 fully saturated rings. The van der Waals surface area contributed by atoms with Crippen molar-refractivity contribution in [3.63, 3.8) is 0 Å². The maximum Gasteiger partial charge on any atom is 0.319 e. The molecule has 0 saturated carbocycles. The number of hydrogen-bond donors (Lipinski definition) is 1. The molecule has 0 bridgehead atoms. The van der Waals surface area contributed by atoms with Gasteiger partial charge in [-0.05, 0) is 6.42 Å². The van der Waals surface area contributed by atoms with E-state index in [0.717, 1.165) is 6.42 Å². The Bertz CT molecular complexity index is 249. The SMILES string of the molecule is CN(CCC(=O)O)C(=O)N1CCCOCC1. The standard InChI is InChI=1S/C10H18N2O4/c1-11(5-3-9(13)14)10(15)12-4-2-7-16-8-6-12/h2-8H2,1H3,(H,13,14). The molecule has 1 saturated heterocycles. The molecule has 0 spiro atoms. The minimum atomic E-state index is -0.890. The quantitative estimate of drug-likeness (QED) is 0.753. The molecule has 6 nitrogen and oxygen atoms in total. The van der Waals surface area contributed by atoms with Crippen LogP contribution in [0.3, 0.4) is 0 Å². The Morgan fingerprint density at radius 2 is 2.12 bits per heavy atom. The van der Waals surface area contributed by atoms with E-state index >= 15 is 0 Å². The summed E-state index contributed by atoms with van der Waals surface area (Å²) in [5.41, 5.74) is 0. The number of carboxylic acids is 1. The normalized spacial score (nSPS) is 16.7. The number of rotatable bonds is 3. The number of amides is 2. The number of aliphatic carboxylic acids is 1. The number of carbonyl (C=O) groups excluding carboxylic acids is 1. The zero-order chi connectivity index (χ0) is 12.0. The maximum absolute atomic E-state index is 11.9. The third kappa shape index (κ3) is 4.06. The molecule has 6 heteroatoms. The second kappa shape index (κ2) is 6.32. The lowest BCUT2D eigenvalue weighted by molar-refractivity contribution is -0.137.